The van der Waals surface area contributed by atoms with Gasteiger partial charge in [0.15, 0.2) is 0 Å². The Balaban J connectivity index is 2.47. The zero-order chi connectivity index (χ0) is 11.3. The first kappa shape index (κ1) is 11.5. The number of methoxy groups -OCH3 is 1. The molecule has 82 valence electrons. The maximum Gasteiger partial charge on any atom is 0.249 e. The molecule has 1 atom stereocenters. The summed E-state index contributed by atoms with van der Waals surface area (Å²) in [5.74, 6) is -0.125. The maximum absolute atomic E-state index is 11.4. The summed E-state index contributed by atoms with van der Waals surface area (Å²) in [6.45, 7) is 2.17. The quantitative estimate of drug-likeness (QED) is 0.723. The molecule has 0 saturated carbocycles. The number of carbonyl (C=O) groups is 1. The summed E-state index contributed by atoms with van der Waals surface area (Å²) < 4.78 is 4.89. The number of nitrogens with one attached hydrogen (secondary N) is 1. The summed E-state index contributed by atoms with van der Waals surface area (Å²) in [7, 11) is 1.50. The molecule has 3 N–H and O–H groups in total. The van der Waals surface area contributed by atoms with Crippen molar-refractivity contribution in [2.75, 3.05) is 12.8 Å². The molecule has 1 aromatic rings. The van der Waals surface area contributed by atoms with Crippen LogP contribution in [-0.2, 0) is 16.1 Å². The summed E-state index contributed by atoms with van der Waals surface area (Å²) in [4.78, 5) is 11.4. The summed E-state index contributed by atoms with van der Waals surface area (Å²) in [6.07, 6.45) is -0.425. The minimum Gasteiger partial charge on any atom is -0.399 e. The Morgan fingerprint density at radius 2 is 2.33 bits per heavy atom. The third-order valence-corrected chi connectivity index (χ3v) is 2.14. The summed E-state index contributed by atoms with van der Waals surface area (Å²) >= 11 is 0. The van der Waals surface area contributed by atoms with Crippen molar-refractivity contribution in [2.24, 2.45) is 0 Å². The van der Waals surface area contributed by atoms with Gasteiger partial charge in [-0.15, -0.1) is 0 Å². The third kappa shape index (κ3) is 3.59. The lowest BCUT2D eigenvalue weighted by Crippen LogP contribution is -2.33. The Bertz CT molecular complexity index is 339. The van der Waals surface area contributed by atoms with E-state index in [0.29, 0.717) is 12.2 Å². The number of hydrogen-bond acceptors (Lipinski definition) is 3. The number of nitrogens with two attached hydrogens (primary N) is 1. The molecule has 1 amide bonds. The Morgan fingerprint density at radius 3 is 2.93 bits per heavy atom. The molecular formula is C11H16N2O2. The lowest BCUT2D eigenvalue weighted by atomic mass is 10.2. The summed E-state index contributed by atoms with van der Waals surface area (Å²) in [6, 6.07) is 7.41. The summed E-state index contributed by atoms with van der Waals surface area (Å²) in [5.41, 5.74) is 7.29. The van der Waals surface area contributed by atoms with Crippen molar-refractivity contribution >= 4 is 11.6 Å². The first-order valence-electron chi connectivity index (χ1n) is 4.78. The second kappa shape index (κ2) is 5.36. The normalized spacial score (nSPS) is 12.1. The highest BCUT2D eigenvalue weighted by molar-refractivity contribution is 5.80. The number of ether oxygens (including phenoxy) is 1. The molecule has 0 heterocycles. The van der Waals surface area contributed by atoms with E-state index in [9.17, 15) is 4.79 Å². The van der Waals surface area contributed by atoms with Crippen molar-refractivity contribution in [3.8, 4) is 0 Å². The molecule has 0 aliphatic rings. The zero-order valence-corrected chi connectivity index (χ0v) is 8.99. The SMILES string of the molecule is COC(C)C(=O)NCc1cccc(N)c1. The average Bonchev–Trinajstić information content (AvgIpc) is 2.25. The van der Waals surface area contributed by atoms with Crippen LogP contribution in [-0.4, -0.2) is 19.1 Å². The second-order valence-corrected chi connectivity index (χ2v) is 3.34. The monoisotopic (exact) mass is 208 g/mol. The van der Waals surface area contributed by atoms with Crippen molar-refractivity contribution in [3.05, 3.63) is 29.8 Å². The van der Waals surface area contributed by atoms with E-state index in [2.05, 4.69) is 5.32 Å². The fourth-order valence-corrected chi connectivity index (χ4v) is 1.14. The van der Waals surface area contributed by atoms with Gasteiger partial charge >= 0.3 is 0 Å². The minimum absolute atomic E-state index is 0.125. The Labute approximate surface area is 89.4 Å². The van der Waals surface area contributed by atoms with Gasteiger partial charge in [-0.05, 0) is 24.6 Å². The van der Waals surface area contributed by atoms with Crippen LogP contribution in [0, 0.1) is 0 Å². The fraction of sp³-hybridized carbons (Fsp3) is 0.364. The zero-order valence-electron chi connectivity index (χ0n) is 8.99. The van der Waals surface area contributed by atoms with Crippen LogP contribution in [0.15, 0.2) is 24.3 Å². The standard InChI is InChI=1S/C11H16N2O2/c1-8(15-2)11(14)13-7-9-4-3-5-10(12)6-9/h3-6,8H,7,12H2,1-2H3,(H,13,14). The van der Waals surface area contributed by atoms with Crippen molar-refractivity contribution in [3.63, 3.8) is 0 Å². The van der Waals surface area contributed by atoms with Crippen LogP contribution in [0.1, 0.15) is 12.5 Å². The van der Waals surface area contributed by atoms with E-state index in [0.717, 1.165) is 5.56 Å². The van der Waals surface area contributed by atoms with Gasteiger partial charge in [-0.1, -0.05) is 12.1 Å². The van der Waals surface area contributed by atoms with Crippen molar-refractivity contribution in [2.45, 2.75) is 19.6 Å². The lowest BCUT2D eigenvalue weighted by molar-refractivity contribution is -0.130. The minimum atomic E-state index is -0.425. The van der Waals surface area contributed by atoms with Crippen LogP contribution in [0.3, 0.4) is 0 Å². The molecular weight excluding hydrogens is 192 g/mol. The van der Waals surface area contributed by atoms with Crippen LogP contribution >= 0.6 is 0 Å². The summed E-state index contributed by atoms with van der Waals surface area (Å²) in [5, 5.41) is 2.76. The van der Waals surface area contributed by atoms with Gasteiger partial charge < -0.3 is 15.8 Å². The van der Waals surface area contributed by atoms with E-state index in [1.165, 1.54) is 7.11 Å². The number of anilines is 1. The number of rotatable bonds is 4. The second-order valence-electron chi connectivity index (χ2n) is 3.34. The van der Waals surface area contributed by atoms with Crippen LogP contribution in [0.25, 0.3) is 0 Å². The highest BCUT2D eigenvalue weighted by Gasteiger charge is 2.10. The first-order chi connectivity index (χ1) is 7.13. The molecule has 1 unspecified atom stereocenters. The largest absolute Gasteiger partial charge is 0.399 e. The number of nitrogen functional groups attached to an aromatic ring is 1. The van der Waals surface area contributed by atoms with Gasteiger partial charge in [-0.25, -0.2) is 0 Å². The molecule has 15 heavy (non-hydrogen) atoms. The molecule has 0 spiro atoms. The number of amides is 1. The molecule has 0 fully saturated rings. The Morgan fingerprint density at radius 1 is 1.60 bits per heavy atom. The van der Waals surface area contributed by atoms with Crippen molar-refractivity contribution < 1.29 is 9.53 Å². The van der Waals surface area contributed by atoms with E-state index in [1.54, 1.807) is 6.92 Å². The van der Waals surface area contributed by atoms with Gasteiger partial charge in [0, 0.05) is 19.3 Å². The van der Waals surface area contributed by atoms with Gasteiger partial charge in [-0.3, -0.25) is 4.79 Å². The number of carbonyl (C=O) groups excluding carboxylic acids is 1. The molecule has 0 aliphatic heterocycles. The van der Waals surface area contributed by atoms with Gasteiger partial charge in [0.05, 0.1) is 0 Å². The fourth-order valence-electron chi connectivity index (χ4n) is 1.14. The molecule has 0 bridgehead atoms. The average molecular weight is 208 g/mol. The van der Waals surface area contributed by atoms with Crippen LogP contribution < -0.4 is 11.1 Å². The molecule has 4 nitrogen and oxygen atoms in total. The van der Waals surface area contributed by atoms with Crippen LogP contribution in [0.2, 0.25) is 0 Å². The van der Waals surface area contributed by atoms with Crippen LogP contribution in [0.4, 0.5) is 5.69 Å². The molecule has 1 rings (SSSR count). The van der Waals surface area contributed by atoms with Crippen molar-refractivity contribution in [1.29, 1.82) is 0 Å². The van der Waals surface area contributed by atoms with E-state index in [-0.39, 0.29) is 5.91 Å². The molecule has 0 saturated heterocycles. The van der Waals surface area contributed by atoms with Gasteiger partial charge in [0.25, 0.3) is 0 Å². The molecule has 0 aromatic heterocycles. The Hall–Kier alpha value is -1.55. The first-order valence-corrected chi connectivity index (χ1v) is 4.78. The number of hydrogen-bond donors (Lipinski definition) is 2. The van der Waals surface area contributed by atoms with Crippen molar-refractivity contribution in [1.82, 2.24) is 5.32 Å². The predicted molar refractivity (Wildman–Crippen MR) is 59.2 cm³/mol. The van der Waals surface area contributed by atoms with E-state index in [4.69, 9.17) is 10.5 Å². The predicted octanol–water partition coefficient (Wildman–Crippen LogP) is 0.920. The third-order valence-electron chi connectivity index (χ3n) is 2.14. The van der Waals surface area contributed by atoms with Crippen LogP contribution in [0.5, 0.6) is 0 Å². The molecule has 4 heteroatoms. The lowest BCUT2D eigenvalue weighted by Gasteiger charge is -2.10. The molecule has 1 aromatic carbocycles. The topological polar surface area (TPSA) is 64.3 Å². The van der Waals surface area contributed by atoms with E-state index >= 15 is 0 Å². The van der Waals surface area contributed by atoms with E-state index in [1.807, 2.05) is 24.3 Å². The smallest absolute Gasteiger partial charge is 0.249 e. The van der Waals surface area contributed by atoms with Gasteiger partial charge in [-0.2, -0.15) is 0 Å². The highest BCUT2D eigenvalue weighted by Crippen LogP contribution is 2.05. The number of benzene rings is 1. The molecule has 0 radical (unpaired) electrons. The Kier molecular flexibility index (Phi) is 4.12. The van der Waals surface area contributed by atoms with Gasteiger partial charge in [0.1, 0.15) is 6.10 Å². The van der Waals surface area contributed by atoms with E-state index < -0.39 is 6.10 Å². The molecule has 0 aliphatic carbocycles. The van der Waals surface area contributed by atoms with Gasteiger partial charge in [0.2, 0.25) is 5.91 Å². The maximum atomic E-state index is 11.4. The highest BCUT2D eigenvalue weighted by atomic mass is 16.5.